The molecule has 0 radical (unpaired) electrons. The second kappa shape index (κ2) is 8.54. The number of rotatable bonds is 6. The van der Waals surface area contributed by atoms with Crippen LogP contribution in [0.25, 0.3) is 0 Å². The van der Waals surface area contributed by atoms with E-state index in [2.05, 4.69) is 4.90 Å². The van der Waals surface area contributed by atoms with Gasteiger partial charge in [-0.2, -0.15) is 0 Å². The highest BCUT2D eigenvalue weighted by Gasteiger charge is 2.18. The van der Waals surface area contributed by atoms with Gasteiger partial charge in [0.1, 0.15) is 11.6 Å². The lowest BCUT2D eigenvalue weighted by Crippen LogP contribution is -2.40. The van der Waals surface area contributed by atoms with Crippen LogP contribution in [0.3, 0.4) is 0 Å². The smallest absolute Gasteiger partial charge is 0.123 e. The van der Waals surface area contributed by atoms with Gasteiger partial charge in [0.25, 0.3) is 0 Å². The van der Waals surface area contributed by atoms with Crippen LogP contribution in [0, 0.1) is 11.6 Å². The van der Waals surface area contributed by atoms with Crippen molar-refractivity contribution in [3.05, 3.63) is 71.3 Å². The molecule has 2 aromatic rings. The summed E-state index contributed by atoms with van der Waals surface area (Å²) in [6, 6.07) is 13.7. The van der Waals surface area contributed by atoms with E-state index in [0.29, 0.717) is 6.04 Å². The van der Waals surface area contributed by atoms with Crippen molar-refractivity contribution in [1.82, 2.24) is 4.90 Å². The third-order valence-electron chi connectivity index (χ3n) is 5.14. The molecule has 0 aromatic heterocycles. The molecule has 3 rings (SSSR count). The first-order valence-corrected chi connectivity index (χ1v) is 9.10. The Hall–Kier alpha value is -1.78. The fraction of sp³-hybridized carbons (Fsp3) is 0.429. The zero-order chi connectivity index (χ0) is 17.6. The number of piperidine rings is 1. The van der Waals surface area contributed by atoms with Gasteiger partial charge in [-0.05, 0) is 80.7 Å². The number of nitrogens with two attached hydrogens (primary N) is 1. The molecular formula is C21H26F2N2. The van der Waals surface area contributed by atoms with Crippen molar-refractivity contribution < 1.29 is 8.78 Å². The van der Waals surface area contributed by atoms with Gasteiger partial charge in [0.2, 0.25) is 0 Å². The summed E-state index contributed by atoms with van der Waals surface area (Å²) >= 11 is 0. The zero-order valence-corrected chi connectivity index (χ0v) is 14.5. The van der Waals surface area contributed by atoms with Gasteiger partial charge in [-0.1, -0.05) is 24.3 Å². The Balaban J connectivity index is 1.66. The summed E-state index contributed by atoms with van der Waals surface area (Å²) in [5.74, 6) is -0.300. The molecule has 1 fully saturated rings. The quantitative estimate of drug-likeness (QED) is 0.846. The van der Waals surface area contributed by atoms with Gasteiger partial charge in [0.05, 0.1) is 0 Å². The van der Waals surface area contributed by atoms with E-state index in [-0.39, 0.29) is 17.6 Å². The second-order valence-electron chi connectivity index (χ2n) is 6.98. The predicted molar refractivity (Wildman–Crippen MR) is 97.5 cm³/mol. The van der Waals surface area contributed by atoms with Crippen LogP contribution >= 0.6 is 0 Å². The number of halogens is 2. The van der Waals surface area contributed by atoms with Crippen LogP contribution in [0.15, 0.2) is 48.5 Å². The lowest BCUT2D eigenvalue weighted by molar-refractivity contribution is 0.209. The molecule has 0 spiro atoms. The van der Waals surface area contributed by atoms with Crippen LogP contribution in [-0.4, -0.2) is 30.6 Å². The lowest BCUT2D eigenvalue weighted by atomic mass is 9.87. The number of hydrogen-bond acceptors (Lipinski definition) is 2. The average molecular weight is 344 g/mol. The Morgan fingerprint density at radius 3 is 1.84 bits per heavy atom. The van der Waals surface area contributed by atoms with E-state index in [1.54, 1.807) is 0 Å². The molecule has 25 heavy (non-hydrogen) atoms. The predicted octanol–water partition coefficient (Wildman–Crippen LogP) is 4.30. The Kier molecular flexibility index (Phi) is 6.16. The van der Waals surface area contributed by atoms with E-state index in [9.17, 15) is 8.78 Å². The van der Waals surface area contributed by atoms with Crippen molar-refractivity contribution in [3.8, 4) is 0 Å². The molecule has 1 saturated heterocycles. The number of benzene rings is 2. The largest absolute Gasteiger partial charge is 0.328 e. The van der Waals surface area contributed by atoms with Crippen molar-refractivity contribution in [2.75, 3.05) is 19.6 Å². The van der Waals surface area contributed by atoms with Gasteiger partial charge >= 0.3 is 0 Å². The van der Waals surface area contributed by atoms with Crippen molar-refractivity contribution in [2.45, 2.75) is 37.6 Å². The normalized spacial score (nSPS) is 16.5. The minimum atomic E-state index is -0.230. The second-order valence-corrected chi connectivity index (χ2v) is 6.98. The van der Waals surface area contributed by atoms with Crippen molar-refractivity contribution in [3.63, 3.8) is 0 Å². The van der Waals surface area contributed by atoms with Crippen LogP contribution in [0.5, 0.6) is 0 Å². The molecule has 134 valence electrons. The summed E-state index contributed by atoms with van der Waals surface area (Å²) < 4.78 is 26.5. The molecule has 1 heterocycles. The highest BCUT2D eigenvalue weighted by molar-refractivity contribution is 5.32. The summed E-state index contributed by atoms with van der Waals surface area (Å²) in [5.41, 5.74) is 8.12. The van der Waals surface area contributed by atoms with Crippen LogP contribution < -0.4 is 5.73 Å². The van der Waals surface area contributed by atoms with Gasteiger partial charge < -0.3 is 10.6 Å². The lowest BCUT2D eigenvalue weighted by Gasteiger charge is -2.30. The maximum atomic E-state index is 13.3. The van der Waals surface area contributed by atoms with Crippen molar-refractivity contribution in [2.24, 2.45) is 5.73 Å². The maximum absolute atomic E-state index is 13.3. The minimum Gasteiger partial charge on any atom is -0.328 e. The summed E-state index contributed by atoms with van der Waals surface area (Å²) in [5, 5.41) is 0. The van der Waals surface area contributed by atoms with Crippen LogP contribution in [0.1, 0.15) is 42.7 Å². The fourth-order valence-corrected chi connectivity index (χ4v) is 3.61. The summed E-state index contributed by atoms with van der Waals surface area (Å²) in [6.45, 7) is 3.18. The summed E-state index contributed by atoms with van der Waals surface area (Å²) in [6.07, 6.45) is 4.15. The monoisotopic (exact) mass is 344 g/mol. The molecule has 0 amide bonds. The third-order valence-corrected chi connectivity index (χ3v) is 5.14. The molecule has 0 saturated carbocycles. The third kappa shape index (κ3) is 5.10. The Labute approximate surface area is 148 Å². The Morgan fingerprint density at radius 2 is 1.36 bits per heavy atom. The van der Waals surface area contributed by atoms with Gasteiger partial charge in [0.15, 0.2) is 0 Å². The van der Waals surface area contributed by atoms with E-state index in [1.165, 1.54) is 24.3 Å². The van der Waals surface area contributed by atoms with E-state index >= 15 is 0 Å². The van der Waals surface area contributed by atoms with Gasteiger partial charge in [-0.25, -0.2) is 8.78 Å². The zero-order valence-electron chi connectivity index (χ0n) is 14.5. The summed E-state index contributed by atoms with van der Waals surface area (Å²) in [7, 11) is 0. The molecule has 2 aromatic carbocycles. The van der Waals surface area contributed by atoms with Crippen LogP contribution in [-0.2, 0) is 0 Å². The molecule has 0 bridgehead atoms. The molecule has 0 atom stereocenters. The fourth-order valence-electron chi connectivity index (χ4n) is 3.61. The Morgan fingerprint density at radius 1 is 0.880 bits per heavy atom. The number of hydrogen-bond donors (Lipinski definition) is 1. The molecule has 2 N–H and O–H groups in total. The molecule has 1 aliphatic rings. The van der Waals surface area contributed by atoms with Crippen LogP contribution in [0.4, 0.5) is 8.78 Å². The van der Waals surface area contributed by atoms with Gasteiger partial charge in [-0.3, -0.25) is 0 Å². The highest BCUT2D eigenvalue weighted by Crippen LogP contribution is 2.30. The first-order chi connectivity index (χ1) is 12.1. The SMILES string of the molecule is NC1CCN(CCCC(c2ccc(F)cc2)c2ccc(F)cc2)CC1. The summed E-state index contributed by atoms with van der Waals surface area (Å²) in [4.78, 5) is 2.47. The topological polar surface area (TPSA) is 29.3 Å². The molecule has 0 aliphatic carbocycles. The van der Waals surface area contributed by atoms with E-state index in [0.717, 1.165) is 56.4 Å². The standard InChI is InChI=1S/C21H26F2N2/c22-18-7-3-16(4-8-18)21(17-5-9-19(23)10-6-17)2-1-13-25-14-11-20(24)12-15-25/h3-10,20-21H,1-2,11-15,24H2. The van der Waals surface area contributed by atoms with Gasteiger partial charge in [-0.15, -0.1) is 0 Å². The van der Waals surface area contributed by atoms with Crippen LogP contribution in [0.2, 0.25) is 0 Å². The van der Waals surface area contributed by atoms with Crippen molar-refractivity contribution >= 4 is 0 Å². The molecule has 2 nitrogen and oxygen atoms in total. The number of nitrogens with zero attached hydrogens (tertiary/aromatic N) is 1. The first kappa shape index (κ1) is 18.0. The molecular weight excluding hydrogens is 318 g/mol. The number of likely N-dealkylation sites (tertiary alicyclic amines) is 1. The average Bonchev–Trinajstić information content (AvgIpc) is 2.62. The maximum Gasteiger partial charge on any atom is 0.123 e. The van der Waals surface area contributed by atoms with E-state index < -0.39 is 0 Å². The Bertz CT molecular complexity index is 601. The first-order valence-electron chi connectivity index (χ1n) is 9.10. The molecule has 1 aliphatic heterocycles. The van der Waals surface area contributed by atoms with Crippen molar-refractivity contribution in [1.29, 1.82) is 0 Å². The minimum absolute atomic E-state index is 0.160. The molecule has 4 heteroatoms. The van der Waals surface area contributed by atoms with E-state index in [1.807, 2.05) is 24.3 Å². The van der Waals surface area contributed by atoms with Gasteiger partial charge in [0, 0.05) is 12.0 Å². The van der Waals surface area contributed by atoms with E-state index in [4.69, 9.17) is 5.73 Å². The molecule has 0 unspecified atom stereocenters. The highest BCUT2D eigenvalue weighted by atomic mass is 19.1.